The highest BCUT2D eigenvalue weighted by Gasteiger charge is 2.36. The van der Waals surface area contributed by atoms with Crippen molar-refractivity contribution < 1.29 is 23.1 Å². The molecule has 7 heteroatoms. The molecule has 0 spiro atoms. The third kappa shape index (κ3) is 5.30. The second kappa shape index (κ2) is 8.42. The maximum absolute atomic E-state index is 12.3. The Balaban J connectivity index is 1.78. The van der Waals surface area contributed by atoms with E-state index >= 15 is 0 Å². The number of benzene rings is 1. The molecule has 2 rings (SSSR count). The summed E-state index contributed by atoms with van der Waals surface area (Å²) in [5.41, 5.74) is 1.04. The number of sulfonamides is 1. The Kier molecular flexibility index (Phi) is 6.56. The Morgan fingerprint density at radius 3 is 2.70 bits per heavy atom. The minimum absolute atomic E-state index is 0.0778. The van der Waals surface area contributed by atoms with E-state index in [0.717, 1.165) is 16.3 Å². The minimum atomic E-state index is -3.55. The second-order valence-electron chi connectivity index (χ2n) is 5.67. The van der Waals surface area contributed by atoms with E-state index in [9.17, 15) is 18.3 Å². The highest BCUT2D eigenvalue weighted by atomic mass is 32.2. The van der Waals surface area contributed by atoms with Gasteiger partial charge < -0.3 is 9.84 Å². The summed E-state index contributed by atoms with van der Waals surface area (Å²) >= 11 is 0. The van der Waals surface area contributed by atoms with E-state index in [1.54, 1.807) is 0 Å². The van der Waals surface area contributed by atoms with E-state index in [1.165, 1.54) is 0 Å². The fraction of sp³-hybridized carbons (Fsp3) is 0.562. The molecule has 1 heterocycles. The van der Waals surface area contributed by atoms with E-state index in [4.69, 9.17) is 4.74 Å². The molecule has 1 unspecified atom stereocenters. The van der Waals surface area contributed by atoms with Gasteiger partial charge in [-0.05, 0) is 31.2 Å². The van der Waals surface area contributed by atoms with Gasteiger partial charge in [0.2, 0.25) is 10.0 Å². The molecule has 1 fully saturated rings. The molecule has 0 radical (unpaired) electrons. The Morgan fingerprint density at radius 1 is 1.26 bits per heavy atom. The fourth-order valence-electron chi connectivity index (χ4n) is 2.71. The minimum Gasteiger partial charge on any atom is -0.480 e. The van der Waals surface area contributed by atoms with Crippen LogP contribution in [0.25, 0.3) is 0 Å². The molecule has 0 aliphatic carbocycles. The number of hydrogen-bond acceptors (Lipinski definition) is 4. The summed E-state index contributed by atoms with van der Waals surface area (Å²) in [5, 5.41) is 9.18. The number of ether oxygens (including phenoxy) is 1. The van der Waals surface area contributed by atoms with Crippen LogP contribution in [0, 0.1) is 0 Å². The Morgan fingerprint density at radius 2 is 2.00 bits per heavy atom. The van der Waals surface area contributed by atoms with E-state index in [2.05, 4.69) is 0 Å². The van der Waals surface area contributed by atoms with Gasteiger partial charge in [0.25, 0.3) is 0 Å². The monoisotopic (exact) mass is 341 g/mol. The van der Waals surface area contributed by atoms with Crippen molar-refractivity contribution in [3.8, 4) is 0 Å². The van der Waals surface area contributed by atoms with Gasteiger partial charge >= 0.3 is 5.97 Å². The molecule has 1 N–H and O–H groups in total. The van der Waals surface area contributed by atoms with Gasteiger partial charge in [-0.25, -0.2) is 8.42 Å². The summed E-state index contributed by atoms with van der Waals surface area (Å²) in [6.07, 6.45) is 2.22. The standard InChI is InChI=1S/C16H23NO5S/c18-16(19)15-9-4-5-10-17(15)23(20,21)12-6-11-22-13-14-7-2-1-3-8-14/h1-3,7-8,15H,4-6,9-13H2,(H,18,19). The summed E-state index contributed by atoms with van der Waals surface area (Å²) < 4.78 is 31.3. The van der Waals surface area contributed by atoms with Crippen LogP contribution in [0.3, 0.4) is 0 Å². The normalized spacial score (nSPS) is 19.6. The topological polar surface area (TPSA) is 83.9 Å². The first kappa shape index (κ1) is 17.9. The Labute approximate surface area is 137 Å². The van der Waals surface area contributed by atoms with Gasteiger partial charge in [-0.3, -0.25) is 4.79 Å². The number of hydrogen-bond donors (Lipinski definition) is 1. The number of rotatable bonds is 8. The molecular formula is C16H23NO5S. The number of aliphatic carboxylic acids is 1. The summed E-state index contributed by atoms with van der Waals surface area (Å²) in [7, 11) is -3.55. The first-order valence-corrected chi connectivity index (χ1v) is 9.45. The van der Waals surface area contributed by atoms with Crippen molar-refractivity contribution in [2.45, 2.75) is 38.3 Å². The summed E-state index contributed by atoms with van der Waals surface area (Å²) in [4.78, 5) is 11.2. The van der Waals surface area contributed by atoms with Gasteiger partial charge in [-0.2, -0.15) is 4.31 Å². The quantitative estimate of drug-likeness (QED) is 0.730. The van der Waals surface area contributed by atoms with E-state index < -0.39 is 22.0 Å². The van der Waals surface area contributed by atoms with Crippen LogP contribution in [-0.4, -0.2) is 48.7 Å². The van der Waals surface area contributed by atoms with Crippen LogP contribution in [0.4, 0.5) is 0 Å². The van der Waals surface area contributed by atoms with Gasteiger partial charge in [0, 0.05) is 13.2 Å². The first-order chi connectivity index (χ1) is 11.0. The van der Waals surface area contributed by atoms with E-state index in [0.29, 0.717) is 39.0 Å². The average Bonchev–Trinajstić information content (AvgIpc) is 2.55. The molecule has 1 saturated heterocycles. The molecule has 1 aromatic carbocycles. The molecule has 0 aromatic heterocycles. The highest BCUT2D eigenvalue weighted by Crippen LogP contribution is 2.21. The number of carbonyl (C=O) groups is 1. The molecule has 1 atom stereocenters. The zero-order chi connectivity index (χ0) is 16.7. The molecule has 0 amide bonds. The Hall–Kier alpha value is -1.44. The number of piperidine rings is 1. The van der Waals surface area contributed by atoms with Crippen LogP contribution < -0.4 is 0 Å². The van der Waals surface area contributed by atoms with Crippen molar-refractivity contribution in [2.75, 3.05) is 18.9 Å². The number of nitrogens with zero attached hydrogens (tertiary/aromatic N) is 1. The Bertz CT molecular complexity index is 602. The lowest BCUT2D eigenvalue weighted by Crippen LogP contribution is -2.48. The van der Waals surface area contributed by atoms with Crippen LogP contribution in [0.2, 0.25) is 0 Å². The van der Waals surface area contributed by atoms with Gasteiger partial charge in [0.1, 0.15) is 6.04 Å². The zero-order valence-electron chi connectivity index (χ0n) is 13.1. The van der Waals surface area contributed by atoms with Crippen LogP contribution in [0.1, 0.15) is 31.2 Å². The van der Waals surface area contributed by atoms with Crippen molar-refractivity contribution in [1.82, 2.24) is 4.31 Å². The molecule has 23 heavy (non-hydrogen) atoms. The lowest BCUT2D eigenvalue weighted by atomic mass is 10.1. The van der Waals surface area contributed by atoms with E-state index in [-0.39, 0.29) is 5.75 Å². The van der Waals surface area contributed by atoms with E-state index in [1.807, 2.05) is 30.3 Å². The third-order valence-electron chi connectivity index (χ3n) is 3.90. The number of carboxylic acids is 1. The molecular weight excluding hydrogens is 318 g/mol. The van der Waals surface area contributed by atoms with Crippen molar-refractivity contribution >= 4 is 16.0 Å². The third-order valence-corrected chi connectivity index (χ3v) is 5.85. The highest BCUT2D eigenvalue weighted by molar-refractivity contribution is 7.89. The van der Waals surface area contributed by atoms with Gasteiger partial charge in [-0.1, -0.05) is 30.3 Å². The smallest absolute Gasteiger partial charge is 0.322 e. The largest absolute Gasteiger partial charge is 0.480 e. The van der Waals surface area contributed by atoms with Crippen LogP contribution >= 0.6 is 0 Å². The van der Waals surface area contributed by atoms with Crippen LogP contribution in [0.5, 0.6) is 0 Å². The number of carboxylic acid groups (broad SMARTS) is 1. The van der Waals surface area contributed by atoms with Gasteiger partial charge in [-0.15, -0.1) is 0 Å². The van der Waals surface area contributed by atoms with Gasteiger partial charge in [0.05, 0.1) is 12.4 Å². The molecule has 128 valence electrons. The predicted octanol–water partition coefficient (Wildman–Crippen LogP) is 1.86. The van der Waals surface area contributed by atoms with Crippen molar-refractivity contribution in [3.05, 3.63) is 35.9 Å². The predicted molar refractivity (Wildman–Crippen MR) is 86.5 cm³/mol. The zero-order valence-corrected chi connectivity index (χ0v) is 13.9. The lowest BCUT2D eigenvalue weighted by Gasteiger charge is -2.31. The van der Waals surface area contributed by atoms with Crippen molar-refractivity contribution in [1.29, 1.82) is 0 Å². The maximum atomic E-state index is 12.3. The molecule has 6 nitrogen and oxygen atoms in total. The summed E-state index contributed by atoms with van der Waals surface area (Å²) in [5.74, 6) is -1.14. The fourth-order valence-corrected chi connectivity index (χ4v) is 4.42. The lowest BCUT2D eigenvalue weighted by molar-refractivity contribution is -0.142. The molecule has 1 aliphatic heterocycles. The van der Waals surface area contributed by atoms with Crippen LogP contribution in [0.15, 0.2) is 30.3 Å². The summed E-state index contributed by atoms with van der Waals surface area (Å²) in [6.45, 7) is 1.08. The molecule has 1 aromatic rings. The molecule has 0 saturated carbocycles. The van der Waals surface area contributed by atoms with Gasteiger partial charge in [0.15, 0.2) is 0 Å². The average molecular weight is 341 g/mol. The molecule has 1 aliphatic rings. The van der Waals surface area contributed by atoms with Crippen molar-refractivity contribution in [3.63, 3.8) is 0 Å². The second-order valence-corrected chi connectivity index (χ2v) is 7.71. The van der Waals surface area contributed by atoms with Crippen molar-refractivity contribution in [2.24, 2.45) is 0 Å². The van der Waals surface area contributed by atoms with Crippen LogP contribution in [-0.2, 0) is 26.2 Å². The molecule has 0 bridgehead atoms. The SMILES string of the molecule is O=C(O)C1CCCCN1S(=O)(=O)CCCOCc1ccccc1. The first-order valence-electron chi connectivity index (χ1n) is 7.85. The summed E-state index contributed by atoms with van der Waals surface area (Å²) in [6, 6.07) is 8.74. The maximum Gasteiger partial charge on any atom is 0.322 e.